The number of carbonyl (C=O) groups excluding carboxylic acids is 1. The molecule has 5 heteroatoms. The Kier molecular flexibility index (Phi) is 8.30. The van der Waals surface area contributed by atoms with Crippen molar-refractivity contribution in [1.82, 2.24) is 4.90 Å². The number of hydrogen-bond acceptors (Lipinski definition) is 4. The van der Waals surface area contributed by atoms with Gasteiger partial charge in [0.15, 0.2) is 0 Å². The van der Waals surface area contributed by atoms with Crippen LogP contribution in [-0.2, 0) is 4.79 Å². The monoisotopic (exact) mass is 315 g/mol. The molecule has 0 heterocycles. The summed E-state index contributed by atoms with van der Waals surface area (Å²) in [7, 11) is 0. The molecule has 0 unspecified atom stereocenters. The third-order valence-electron chi connectivity index (χ3n) is 3.12. The van der Waals surface area contributed by atoms with Crippen molar-refractivity contribution < 1.29 is 9.53 Å². The van der Waals surface area contributed by atoms with Crippen molar-refractivity contribution in [1.29, 1.82) is 5.26 Å². The number of anilines is 1. The summed E-state index contributed by atoms with van der Waals surface area (Å²) in [6.45, 7) is 8.31. The third-order valence-corrected chi connectivity index (χ3v) is 3.12. The minimum atomic E-state index is -0.395. The number of hydrogen-bond donors (Lipinski definition) is 1. The van der Waals surface area contributed by atoms with E-state index in [4.69, 9.17) is 4.74 Å². The van der Waals surface area contributed by atoms with E-state index in [1.54, 1.807) is 30.5 Å². The van der Waals surface area contributed by atoms with Crippen molar-refractivity contribution in [3.8, 4) is 11.8 Å². The first kappa shape index (κ1) is 18.6. The molecule has 1 rings (SSSR count). The second-order valence-corrected chi connectivity index (χ2v) is 5.10. The molecule has 0 aliphatic rings. The van der Waals surface area contributed by atoms with E-state index in [9.17, 15) is 10.1 Å². The molecule has 1 N–H and O–H groups in total. The van der Waals surface area contributed by atoms with Gasteiger partial charge in [0.05, 0.1) is 6.61 Å². The van der Waals surface area contributed by atoms with Crippen molar-refractivity contribution in [3.63, 3.8) is 0 Å². The largest absolute Gasteiger partial charge is 0.494 e. The van der Waals surface area contributed by atoms with Crippen LogP contribution in [0.15, 0.2) is 36.0 Å². The number of rotatable bonds is 9. The summed E-state index contributed by atoms with van der Waals surface area (Å²) in [5.74, 6) is 0.354. The number of nitrogens with one attached hydrogen (secondary N) is 1. The summed E-state index contributed by atoms with van der Waals surface area (Å²) in [5.41, 5.74) is 0.748. The quantitative estimate of drug-likeness (QED) is 0.559. The average Bonchev–Trinajstić information content (AvgIpc) is 2.55. The molecule has 0 saturated heterocycles. The lowest BCUT2D eigenvalue weighted by Gasteiger charge is -2.19. The predicted octanol–water partition coefficient (Wildman–Crippen LogP) is 3.55. The van der Waals surface area contributed by atoms with Gasteiger partial charge in [0.1, 0.15) is 17.4 Å². The van der Waals surface area contributed by atoms with Crippen molar-refractivity contribution in [2.75, 3.05) is 25.0 Å². The first-order valence-electron chi connectivity index (χ1n) is 8.04. The van der Waals surface area contributed by atoms with Crippen molar-refractivity contribution in [3.05, 3.63) is 36.0 Å². The van der Waals surface area contributed by atoms with Gasteiger partial charge in [-0.3, -0.25) is 4.79 Å². The summed E-state index contributed by atoms with van der Waals surface area (Å²) < 4.78 is 5.36. The molecule has 5 nitrogen and oxygen atoms in total. The minimum absolute atomic E-state index is 0.112. The highest BCUT2D eigenvalue weighted by Crippen LogP contribution is 2.16. The molecule has 0 saturated carbocycles. The first-order valence-corrected chi connectivity index (χ1v) is 8.04. The first-order chi connectivity index (χ1) is 11.1. The highest BCUT2D eigenvalue weighted by Gasteiger charge is 2.11. The average molecular weight is 315 g/mol. The lowest BCUT2D eigenvalue weighted by atomic mass is 10.2. The summed E-state index contributed by atoms with van der Waals surface area (Å²) in [6.07, 6.45) is 3.59. The maximum Gasteiger partial charge on any atom is 0.267 e. The van der Waals surface area contributed by atoms with E-state index in [0.717, 1.165) is 31.7 Å². The lowest BCUT2D eigenvalue weighted by molar-refractivity contribution is -0.112. The standard InChI is InChI=1S/C18H25N3O2/c1-4-11-21(12-5-2)14-15(13-19)18(22)20-16-7-9-17(10-8-16)23-6-3/h7-10,14H,4-6,11-12H2,1-3H3,(H,20,22)/b15-14-. The highest BCUT2D eigenvalue weighted by molar-refractivity contribution is 6.06. The molecule has 1 amide bonds. The van der Waals surface area contributed by atoms with Gasteiger partial charge in [-0.1, -0.05) is 13.8 Å². The molecule has 1 aromatic carbocycles. The molecule has 0 aromatic heterocycles. The van der Waals surface area contributed by atoms with E-state index < -0.39 is 5.91 Å². The Hall–Kier alpha value is -2.48. The number of benzene rings is 1. The number of carbonyl (C=O) groups is 1. The zero-order valence-corrected chi connectivity index (χ0v) is 14.1. The fraction of sp³-hybridized carbons (Fsp3) is 0.444. The van der Waals surface area contributed by atoms with Gasteiger partial charge in [-0.2, -0.15) is 5.26 Å². The van der Waals surface area contributed by atoms with Gasteiger partial charge in [0.25, 0.3) is 5.91 Å². The Balaban J connectivity index is 2.77. The Labute approximate surface area is 138 Å². The van der Waals surface area contributed by atoms with Crippen LogP contribution in [0.3, 0.4) is 0 Å². The third kappa shape index (κ3) is 6.43. The summed E-state index contributed by atoms with van der Waals surface area (Å²) >= 11 is 0. The van der Waals surface area contributed by atoms with Crippen LogP contribution in [0, 0.1) is 11.3 Å². The zero-order valence-electron chi connectivity index (χ0n) is 14.1. The van der Waals surface area contributed by atoms with Gasteiger partial charge in [0, 0.05) is 25.0 Å². The Bertz CT molecular complexity index is 553. The molecule has 0 radical (unpaired) electrons. The second-order valence-electron chi connectivity index (χ2n) is 5.10. The van der Waals surface area contributed by atoms with E-state index in [-0.39, 0.29) is 5.57 Å². The van der Waals surface area contributed by atoms with Gasteiger partial charge in [-0.25, -0.2) is 0 Å². The molecule has 124 valence electrons. The summed E-state index contributed by atoms with van der Waals surface area (Å²) in [4.78, 5) is 14.2. The fourth-order valence-electron chi connectivity index (χ4n) is 2.14. The van der Waals surface area contributed by atoms with Crippen LogP contribution >= 0.6 is 0 Å². The predicted molar refractivity (Wildman–Crippen MR) is 92.1 cm³/mol. The molecule has 23 heavy (non-hydrogen) atoms. The van der Waals surface area contributed by atoms with Gasteiger partial charge in [-0.15, -0.1) is 0 Å². The SMILES string of the molecule is CCCN(/C=C(/C#N)C(=O)Nc1ccc(OCC)cc1)CCC. The maximum absolute atomic E-state index is 12.2. The topological polar surface area (TPSA) is 65.4 Å². The number of amides is 1. The second kappa shape index (κ2) is 10.3. The number of nitriles is 1. The van der Waals surface area contributed by atoms with Crippen LogP contribution < -0.4 is 10.1 Å². The van der Waals surface area contributed by atoms with E-state index in [1.165, 1.54) is 0 Å². The Morgan fingerprint density at radius 2 is 1.83 bits per heavy atom. The van der Waals surface area contributed by atoms with Crippen LogP contribution in [0.25, 0.3) is 0 Å². The lowest BCUT2D eigenvalue weighted by Crippen LogP contribution is -2.22. The van der Waals surface area contributed by atoms with E-state index >= 15 is 0 Å². The van der Waals surface area contributed by atoms with Crippen LogP contribution in [0.1, 0.15) is 33.6 Å². The van der Waals surface area contributed by atoms with Gasteiger partial charge >= 0.3 is 0 Å². The fourth-order valence-corrected chi connectivity index (χ4v) is 2.14. The van der Waals surface area contributed by atoms with Crippen molar-refractivity contribution in [2.24, 2.45) is 0 Å². The molecule has 0 aliphatic carbocycles. The van der Waals surface area contributed by atoms with Crippen LogP contribution in [0.4, 0.5) is 5.69 Å². The van der Waals surface area contributed by atoms with E-state index in [0.29, 0.717) is 12.3 Å². The molecule has 0 aliphatic heterocycles. The van der Waals surface area contributed by atoms with E-state index in [1.807, 2.05) is 17.9 Å². The van der Waals surface area contributed by atoms with Crippen LogP contribution in [0.5, 0.6) is 5.75 Å². The molecule has 1 aromatic rings. The molecule has 0 fully saturated rings. The highest BCUT2D eigenvalue weighted by atomic mass is 16.5. The van der Waals surface area contributed by atoms with E-state index in [2.05, 4.69) is 19.2 Å². The molecule has 0 spiro atoms. The zero-order chi connectivity index (χ0) is 17.1. The van der Waals surface area contributed by atoms with Crippen molar-refractivity contribution in [2.45, 2.75) is 33.6 Å². The maximum atomic E-state index is 12.2. The molecular formula is C18H25N3O2. The smallest absolute Gasteiger partial charge is 0.267 e. The molecule has 0 bridgehead atoms. The summed E-state index contributed by atoms with van der Waals surface area (Å²) in [6, 6.07) is 9.07. The minimum Gasteiger partial charge on any atom is -0.494 e. The van der Waals surface area contributed by atoms with Crippen LogP contribution in [0.2, 0.25) is 0 Å². The molecule has 0 atom stereocenters. The van der Waals surface area contributed by atoms with Crippen LogP contribution in [-0.4, -0.2) is 30.5 Å². The summed E-state index contributed by atoms with van der Waals surface area (Å²) in [5, 5.41) is 12.0. The Morgan fingerprint density at radius 1 is 1.22 bits per heavy atom. The van der Waals surface area contributed by atoms with Gasteiger partial charge < -0.3 is 15.0 Å². The normalized spacial score (nSPS) is 10.8. The van der Waals surface area contributed by atoms with Gasteiger partial charge in [-0.05, 0) is 44.0 Å². The number of nitrogens with zero attached hydrogens (tertiary/aromatic N) is 2. The van der Waals surface area contributed by atoms with Gasteiger partial charge in [0.2, 0.25) is 0 Å². The number of ether oxygens (including phenoxy) is 1. The molecular weight excluding hydrogens is 290 g/mol. The van der Waals surface area contributed by atoms with Crippen molar-refractivity contribution >= 4 is 11.6 Å². The Morgan fingerprint density at radius 3 is 2.30 bits per heavy atom.